The van der Waals surface area contributed by atoms with Crippen LogP contribution in [0.2, 0.25) is 0 Å². The van der Waals surface area contributed by atoms with Crippen LogP contribution in [-0.4, -0.2) is 38.7 Å². The third-order valence-corrected chi connectivity index (χ3v) is 4.61. The van der Waals surface area contributed by atoms with Crippen LogP contribution in [0, 0.1) is 11.8 Å². The molecule has 0 amide bonds. The summed E-state index contributed by atoms with van der Waals surface area (Å²) in [6, 6.07) is -0.0929. The van der Waals surface area contributed by atoms with Gasteiger partial charge >= 0.3 is 0 Å². The van der Waals surface area contributed by atoms with Gasteiger partial charge in [-0.25, -0.2) is 8.42 Å². The lowest BCUT2D eigenvalue weighted by Crippen LogP contribution is -2.38. The van der Waals surface area contributed by atoms with Crippen LogP contribution in [0.25, 0.3) is 0 Å². The average molecular weight is 249 g/mol. The highest BCUT2D eigenvalue weighted by Crippen LogP contribution is 2.34. The fourth-order valence-corrected chi connectivity index (χ4v) is 3.27. The topological polar surface area (TPSA) is 69.4 Å². The number of rotatable bonds is 4. The minimum Gasteiger partial charge on any atom is -0.375 e. The van der Waals surface area contributed by atoms with E-state index in [-0.39, 0.29) is 29.9 Å². The second kappa shape index (κ2) is 5.02. The smallest absolute Gasteiger partial charge is 0.147 e. The largest absolute Gasteiger partial charge is 0.375 e. The molecule has 0 spiro atoms. The minimum absolute atomic E-state index is 0.0929. The molecule has 1 fully saturated rings. The van der Waals surface area contributed by atoms with Gasteiger partial charge in [-0.1, -0.05) is 6.92 Å². The molecule has 5 unspecified atom stereocenters. The van der Waals surface area contributed by atoms with E-state index in [1.807, 2.05) is 13.8 Å². The summed E-state index contributed by atoms with van der Waals surface area (Å²) in [5, 5.41) is 0. The van der Waals surface area contributed by atoms with Gasteiger partial charge in [-0.2, -0.15) is 0 Å². The van der Waals surface area contributed by atoms with Gasteiger partial charge in [0.25, 0.3) is 0 Å². The zero-order chi connectivity index (χ0) is 12.5. The average Bonchev–Trinajstić information content (AvgIpc) is 2.36. The van der Waals surface area contributed by atoms with Gasteiger partial charge in [0.1, 0.15) is 9.84 Å². The maximum atomic E-state index is 11.1. The van der Waals surface area contributed by atoms with Crippen LogP contribution in [0.5, 0.6) is 0 Å². The first kappa shape index (κ1) is 13.9. The number of ether oxygens (including phenoxy) is 1. The van der Waals surface area contributed by atoms with Gasteiger partial charge in [-0.05, 0) is 26.2 Å². The Morgan fingerprint density at radius 3 is 2.19 bits per heavy atom. The van der Waals surface area contributed by atoms with Gasteiger partial charge in [0.2, 0.25) is 0 Å². The third-order valence-electron chi connectivity index (χ3n) is 3.64. The first-order valence-electron chi connectivity index (χ1n) is 5.81. The maximum Gasteiger partial charge on any atom is 0.147 e. The molecule has 4 nitrogen and oxygen atoms in total. The van der Waals surface area contributed by atoms with Gasteiger partial charge < -0.3 is 10.5 Å². The van der Waals surface area contributed by atoms with Crippen molar-refractivity contribution in [3.8, 4) is 0 Å². The number of nitrogens with two attached hydrogens (primary N) is 1. The molecule has 1 saturated heterocycles. The monoisotopic (exact) mass is 249 g/mol. The molecule has 0 saturated carbocycles. The second-order valence-corrected chi connectivity index (χ2v) is 7.32. The van der Waals surface area contributed by atoms with Crippen molar-refractivity contribution in [1.29, 1.82) is 0 Å². The van der Waals surface area contributed by atoms with E-state index in [4.69, 9.17) is 10.5 Å². The molecule has 1 aliphatic rings. The van der Waals surface area contributed by atoms with Crippen LogP contribution in [0.1, 0.15) is 27.2 Å². The Morgan fingerprint density at radius 1 is 1.25 bits per heavy atom. The molecule has 0 aromatic carbocycles. The maximum absolute atomic E-state index is 11.1. The van der Waals surface area contributed by atoms with Crippen molar-refractivity contribution in [2.24, 2.45) is 17.6 Å². The third kappa shape index (κ3) is 3.43. The number of sulfone groups is 1. The van der Waals surface area contributed by atoms with Crippen LogP contribution in [-0.2, 0) is 14.6 Å². The molecule has 5 heteroatoms. The van der Waals surface area contributed by atoms with Crippen molar-refractivity contribution < 1.29 is 13.2 Å². The summed E-state index contributed by atoms with van der Waals surface area (Å²) in [5.74, 6) is 0.819. The molecule has 2 N–H and O–H groups in total. The number of hydrogen-bond acceptors (Lipinski definition) is 4. The van der Waals surface area contributed by atoms with E-state index in [1.165, 1.54) is 6.26 Å². The molecular formula is C11H23NO3S. The van der Waals surface area contributed by atoms with E-state index in [0.29, 0.717) is 12.3 Å². The lowest BCUT2D eigenvalue weighted by Gasteiger charge is -2.25. The van der Waals surface area contributed by atoms with Crippen molar-refractivity contribution in [3.63, 3.8) is 0 Å². The lowest BCUT2D eigenvalue weighted by molar-refractivity contribution is 0.0489. The van der Waals surface area contributed by atoms with Crippen molar-refractivity contribution in [2.45, 2.75) is 45.4 Å². The van der Waals surface area contributed by atoms with Gasteiger partial charge in [-0.15, -0.1) is 0 Å². The fraction of sp³-hybridized carbons (Fsp3) is 1.00. The lowest BCUT2D eigenvalue weighted by atomic mass is 9.83. The van der Waals surface area contributed by atoms with E-state index < -0.39 is 9.84 Å². The molecule has 0 aromatic rings. The van der Waals surface area contributed by atoms with Crippen molar-refractivity contribution in [2.75, 3.05) is 12.0 Å². The highest BCUT2D eigenvalue weighted by atomic mass is 32.2. The Kier molecular flexibility index (Phi) is 4.37. The van der Waals surface area contributed by atoms with Crippen LogP contribution in [0.15, 0.2) is 0 Å². The van der Waals surface area contributed by atoms with Gasteiger partial charge in [0, 0.05) is 18.2 Å². The molecule has 0 radical (unpaired) electrons. The first-order chi connectivity index (χ1) is 7.22. The van der Waals surface area contributed by atoms with Crippen LogP contribution in [0.4, 0.5) is 0 Å². The van der Waals surface area contributed by atoms with Crippen LogP contribution in [0.3, 0.4) is 0 Å². The first-order valence-corrected chi connectivity index (χ1v) is 7.87. The molecule has 96 valence electrons. The predicted octanol–water partition coefficient (Wildman–Crippen LogP) is 0.808. The zero-order valence-corrected chi connectivity index (χ0v) is 11.3. The highest BCUT2D eigenvalue weighted by Gasteiger charge is 2.40. The zero-order valence-electron chi connectivity index (χ0n) is 10.5. The number of hydrogen-bond donors (Lipinski definition) is 1. The van der Waals surface area contributed by atoms with Crippen LogP contribution >= 0.6 is 0 Å². The van der Waals surface area contributed by atoms with E-state index in [0.717, 1.165) is 0 Å². The summed E-state index contributed by atoms with van der Waals surface area (Å²) < 4.78 is 27.9. The summed E-state index contributed by atoms with van der Waals surface area (Å²) in [4.78, 5) is 0. The molecule has 1 rings (SSSR count). The molecule has 1 aliphatic heterocycles. The standard InChI is InChI=1S/C11H23NO3S/c1-7-8(2)15-9(3)11(7)10(12)5-6-16(4,13)14/h7-11H,5-6,12H2,1-4H3. The van der Waals surface area contributed by atoms with E-state index in [2.05, 4.69) is 6.92 Å². The Balaban J connectivity index is 2.57. The SMILES string of the molecule is CC1OC(C)C(C(N)CCS(C)(=O)=O)C1C. The second-order valence-electron chi connectivity index (χ2n) is 5.07. The van der Waals surface area contributed by atoms with Crippen molar-refractivity contribution >= 4 is 9.84 Å². The van der Waals surface area contributed by atoms with Crippen molar-refractivity contribution in [1.82, 2.24) is 0 Å². The molecule has 0 bridgehead atoms. The van der Waals surface area contributed by atoms with Crippen molar-refractivity contribution in [3.05, 3.63) is 0 Å². The van der Waals surface area contributed by atoms with E-state index >= 15 is 0 Å². The normalized spacial score (nSPS) is 37.6. The molecular weight excluding hydrogens is 226 g/mol. The Hall–Kier alpha value is -0.130. The summed E-state index contributed by atoms with van der Waals surface area (Å²) in [6.45, 7) is 6.19. The fourth-order valence-electron chi connectivity index (χ4n) is 2.57. The summed E-state index contributed by atoms with van der Waals surface area (Å²) >= 11 is 0. The summed E-state index contributed by atoms with van der Waals surface area (Å²) in [6.07, 6.45) is 2.11. The van der Waals surface area contributed by atoms with Gasteiger partial charge in [0.05, 0.1) is 18.0 Å². The quantitative estimate of drug-likeness (QED) is 0.800. The molecule has 1 heterocycles. The van der Waals surface area contributed by atoms with E-state index in [1.54, 1.807) is 0 Å². The Labute approximate surface area is 98.5 Å². The van der Waals surface area contributed by atoms with Crippen LogP contribution < -0.4 is 5.73 Å². The Bertz CT molecular complexity index is 328. The molecule has 0 aliphatic carbocycles. The summed E-state index contributed by atoms with van der Waals surface area (Å²) in [5.41, 5.74) is 6.08. The summed E-state index contributed by atoms with van der Waals surface area (Å²) in [7, 11) is -2.92. The Morgan fingerprint density at radius 2 is 1.81 bits per heavy atom. The van der Waals surface area contributed by atoms with Gasteiger partial charge in [0.15, 0.2) is 0 Å². The van der Waals surface area contributed by atoms with Gasteiger partial charge in [-0.3, -0.25) is 0 Å². The molecule has 5 atom stereocenters. The minimum atomic E-state index is -2.92. The predicted molar refractivity (Wildman–Crippen MR) is 65.0 cm³/mol. The molecule has 16 heavy (non-hydrogen) atoms. The molecule has 0 aromatic heterocycles. The highest BCUT2D eigenvalue weighted by molar-refractivity contribution is 7.90. The van der Waals surface area contributed by atoms with E-state index in [9.17, 15) is 8.42 Å².